The highest BCUT2D eigenvalue weighted by atomic mass is 16.1. The SMILES string of the molecule is Cc1cc2c(N3CCN(C(C(=O)C4CCCCC4)C4CCc5ccccc5N4)CC3)cccc2[nH]1. The van der Waals surface area contributed by atoms with Gasteiger partial charge in [0.15, 0.2) is 5.78 Å². The van der Waals surface area contributed by atoms with Crippen LogP contribution in [-0.4, -0.2) is 53.9 Å². The van der Waals surface area contributed by atoms with Crippen molar-refractivity contribution in [3.8, 4) is 0 Å². The number of para-hydroxylation sites is 1. The number of aromatic nitrogens is 1. The van der Waals surface area contributed by atoms with E-state index in [1.165, 1.54) is 52.8 Å². The number of piperazine rings is 1. The van der Waals surface area contributed by atoms with Crippen LogP contribution in [0.4, 0.5) is 11.4 Å². The average molecular weight is 471 g/mol. The molecule has 1 saturated carbocycles. The Morgan fingerprint density at radius 2 is 1.74 bits per heavy atom. The number of hydrogen-bond acceptors (Lipinski definition) is 4. The fourth-order valence-corrected chi connectivity index (χ4v) is 6.76. The zero-order valence-corrected chi connectivity index (χ0v) is 20.9. The number of anilines is 2. The number of ketones is 1. The minimum atomic E-state index is -0.0288. The largest absolute Gasteiger partial charge is 0.380 e. The lowest BCUT2D eigenvalue weighted by atomic mass is 9.80. The van der Waals surface area contributed by atoms with Crippen LogP contribution in [-0.2, 0) is 11.2 Å². The smallest absolute Gasteiger partial charge is 0.155 e. The van der Waals surface area contributed by atoms with Gasteiger partial charge in [-0.3, -0.25) is 9.69 Å². The van der Waals surface area contributed by atoms with E-state index >= 15 is 0 Å². The van der Waals surface area contributed by atoms with Crippen LogP contribution < -0.4 is 10.2 Å². The molecule has 5 heteroatoms. The summed E-state index contributed by atoms with van der Waals surface area (Å²) in [6.45, 7) is 5.91. The van der Waals surface area contributed by atoms with Gasteiger partial charge in [0, 0.05) is 66.1 Å². The predicted octanol–water partition coefficient (Wildman–Crippen LogP) is 5.54. The summed E-state index contributed by atoms with van der Waals surface area (Å²) in [6, 6.07) is 17.6. The lowest BCUT2D eigenvalue weighted by Gasteiger charge is -2.45. The van der Waals surface area contributed by atoms with Gasteiger partial charge < -0.3 is 15.2 Å². The molecule has 2 N–H and O–H groups in total. The van der Waals surface area contributed by atoms with Crippen molar-refractivity contribution in [3.05, 3.63) is 59.8 Å². The normalized spacial score (nSPS) is 22.5. The molecule has 3 aromatic rings. The molecule has 2 atom stereocenters. The number of nitrogens with one attached hydrogen (secondary N) is 2. The van der Waals surface area contributed by atoms with Crippen molar-refractivity contribution >= 4 is 28.1 Å². The first-order valence-corrected chi connectivity index (χ1v) is 13.6. The third kappa shape index (κ3) is 4.47. The molecule has 184 valence electrons. The Balaban J connectivity index is 1.23. The van der Waals surface area contributed by atoms with Gasteiger partial charge in [-0.25, -0.2) is 0 Å². The summed E-state index contributed by atoms with van der Waals surface area (Å²) >= 11 is 0. The van der Waals surface area contributed by atoms with Crippen LogP contribution >= 0.6 is 0 Å². The topological polar surface area (TPSA) is 51.4 Å². The molecule has 3 aliphatic rings. The zero-order chi connectivity index (χ0) is 23.8. The number of aryl methyl sites for hydroxylation is 2. The molecule has 2 fully saturated rings. The fraction of sp³-hybridized carbons (Fsp3) is 0.500. The maximum absolute atomic E-state index is 14.0. The van der Waals surface area contributed by atoms with Gasteiger partial charge >= 0.3 is 0 Å². The summed E-state index contributed by atoms with van der Waals surface area (Å²) < 4.78 is 0. The summed E-state index contributed by atoms with van der Waals surface area (Å²) in [5.41, 5.74) is 6.32. The number of fused-ring (bicyclic) bond motifs is 2. The van der Waals surface area contributed by atoms with Crippen LogP contribution in [0.15, 0.2) is 48.5 Å². The van der Waals surface area contributed by atoms with E-state index in [2.05, 4.69) is 75.6 Å². The molecule has 1 aromatic heterocycles. The van der Waals surface area contributed by atoms with Crippen molar-refractivity contribution < 1.29 is 4.79 Å². The van der Waals surface area contributed by atoms with Crippen molar-refractivity contribution in [2.24, 2.45) is 5.92 Å². The Morgan fingerprint density at radius 3 is 2.57 bits per heavy atom. The first kappa shape index (κ1) is 22.7. The number of nitrogens with zero attached hydrogens (tertiary/aromatic N) is 2. The summed E-state index contributed by atoms with van der Waals surface area (Å²) in [4.78, 5) is 22.5. The Labute approximate surface area is 208 Å². The van der Waals surface area contributed by atoms with E-state index in [0.29, 0.717) is 5.78 Å². The van der Waals surface area contributed by atoms with Crippen molar-refractivity contribution in [1.29, 1.82) is 0 Å². The van der Waals surface area contributed by atoms with Crippen LogP contribution in [0.3, 0.4) is 0 Å². The highest BCUT2D eigenvalue weighted by Crippen LogP contribution is 2.33. The van der Waals surface area contributed by atoms with Crippen LogP contribution in [0.5, 0.6) is 0 Å². The standard InChI is InChI=1S/C30H38N4O/c1-21-20-24-26(31-21)12-7-13-28(24)33-16-18-34(19-17-33)29(30(35)23-9-3-2-4-10-23)27-15-14-22-8-5-6-11-25(22)32-27/h5-8,11-13,20,23,27,29,31-32H,2-4,9-10,14-19H2,1H3. The summed E-state index contributed by atoms with van der Waals surface area (Å²) in [6.07, 6.45) is 7.93. The molecule has 0 spiro atoms. The molecule has 0 amide bonds. The van der Waals surface area contributed by atoms with Gasteiger partial charge in [-0.2, -0.15) is 0 Å². The lowest BCUT2D eigenvalue weighted by molar-refractivity contribution is -0.130. The molecule has 2 aromatic carbocycles. The molecule has 35 heavy (non-hydrogen) atoms. The number of benzene rings is 2. The number of carbonyl (C=O) groups excluding carboxylic acids is 1. The van der Waals surface area contributed by atoms with Crippen molar-refractivity contribution in [2.45, 2.75) is 64.0 Å². The number of H-pyrrole nitrogens is 1. The second kappa shape index (κ2) is 9.69. The lowest BCUT2D eigenvalue weighted by Crippen LogP contribution is -2.60. The summed E-state index contributed by atoms with van der Waals surface area (Å²) in [5, 5.41) is 5.11. The molecule has 1 aliphatic carbocycles. The fourth-order valence-electron chi connectivity index (χ4n) is 6.76. The number of rotatable bonds is 5. The van der Waals surface area contributed by atoms with Crippen LogP contribution in [0.1, 0.15) is 49.8 Å². The van der Waals surface area contributed by atoms with Crippen LogP contribution in [0.2, 0.25) is 0 Å². The molecule has 0 bridgehead atoms. The predicted molar refractivity (Wildman–Crippen MR) is 144 cm³/mol. The molecular formula is C30H38N4O. The molecular weight excluding hydrogens is 432 g/mol. The highest BCUT2D eigenvalue weighted by Gasteiger charge is 2.40. The van der Waals surface area contributed by atoms with E-state index in [1.807, 2.05) is 0 Å². The molecule has 0 radical (unpaired) electrons. The Kier molecular flexibility index (Phi) is 6.28. The Bertz CT molecular complexity index is 1190. The maximum atomic E-state index is 14.0. The van der Waals surface area contributed by atoms with E-state index in [0.717, 1.165) is 51.9 Å². The van der Waals surface area contributed by atoms with Crippen LogP contribution in [0, 0.1) is 12.8 Å². The first-order valence-electron chi connectivity index (χ1n) is 13.6. The molecule has 2 unspecified atom stereocenters. The average Bonchev–Trinajstić information content (AvgIpc) is 3.30. The van der Waals surface area contributed by atoms with Crippen LogP contribution in [0.25, 0.3) is 10.9 Å². The number of hydrogen-bond donors (Lipinski definition) is 2. The van der Waals surface area contributed by atoms with Gasteiger partial charge in [0.25, 0.3) is 0 Å². The zero-order valence-electron chi connectivity index (χ0n) is 20.9. The summed E-state index contributed by atoms with van der Waals surface area (Å²) in [5.74, 6) is 0.737. The molecule has 1 saturated heterocycles. The van der Waals surface area contributed by atoms with Crippen molar-refractivity contribution in [2.75, 3.05) is 36.4 Å². The van der Waals surface area contributed by atoms with Crippen molar-refractivity contribution in [1.82, 2.24) is 9.88 Å². The van der Waals surface area contributed by atoms with E-state index in [9.17, 15) is 4.79 Å². The highest BCUT2D eigenvalue weighted by molar-refractivity contribution is 5.93. The van der Waals surface area contributed by atoms with E-state index in [1.54, 1.807) is 0 Å². The molecule has 6 rings (SSSR count). The second-order valence-electron chi connectivity index (χ2n) is 10.8. The van der Waals surface area contributed by atoms with Gasteiger partial charge in [-0.05, 0) is 62.4 Å². The molecule has 5 nitrogen and oxygen atoms in total. The Morgan fingerprint density at radius 1 is 0.943 bits per heavy atom. The minimum absolute atomic E-state index is 0.0288. The maximum Gasteiger partial charge on any atom is 0.155 e. The molecule has 2 aliphatic heterocycles. The van der Waals surface area contributed by atoms with Gasteiger partial charge in [0.2, 0.25) is 0 Å². The van der Waals surface area contributed by atoms with Gasteiger partial charge in [0.1, 0.15) is 0 Å². The quantitative estimate of drug-likeness (QED) is 0.514. The van der Waals surface area contributed by atoms with Crippen molar-refractivity contribution in [3.63, 3.8) is 0 Å². The minimum Gasteiger partial charge on any atom is -0.380 e. The first-order chi connectivity index (χ1) is 17.2. The number of aromatic amines is 1. The third-order valence-electron chi connectivity index (χ3n) is 8.59. The van der Waals surface area contributed by atoms with Gasteiger partial charge in [0.05, 0.1) is 6.04 Å². The Hall–Kier alpha value is -2.79. The van der Waals surface area contributed by atoms with Gasteiger partial charge in [-0.1, -0.05) is 43.5 Å². The second-order valence-corrected chi connectivity index (χ2v) is 10.8. The van der Waals surface area contributed by atoms with E-state index in [4.69, 9.17) is 0 Å². The third-order valence-corrected chi connectivity index (χ3v) is 8.59. The molecule has 3 heterocycles. The summed E-state index contributed by atoms with van der Waals surface area (Å²) in [7, 11) is 0. The number of carbonyl (C=O) groups is 1. The van der Waals surface area contributed by atoms with E-state index < -0.39 is 0 Å². The number of Topliss-reactive ketones (excluding diaryl/α,β-unsaturated/α-hetero) is 1. The monoisotopic (exact) mass is 470 g/mol. The van der Waals surface area contributed by atoms with E-state index in [-0.39, 0.29) is 18.0 Å². The van der Waals surface area contributed by atoms with Gasteiger partial charge in [-0.15, -0.1) is 0 Å².